The Morgan fingerprint density at radius 3 is 2.62 bits per heavy atom. The van der Waals surface area contributed by atoms with Crippen molar-refractivity contribution in [1.82, 2.24) is 5.32 Å². The molecule has 3 fully saturated rings. The molecule has 76 valence electrons. The number of nitrogens with two attached hydrogens (primary N) is 1. The second kappa shape index (κ2) is 3.58. The summed E-state index contributed by atoms with van der Waals surface area (Å²) < 4.78 is 0. The SMILES string of the molecule is CCCCC(N)CNC12CC(C1)C2. The lowest BCUT2D eigenvalue weighted by atomic mass is 9.50. The van der Waals surface area contributed by atoms with Crippen LogP contribution in [0.2, 0.25) is 0 Å². The Hall–Kier alpha value is -0.0800. The lowest BCUT2D eigenvalue weighted by Gasteiger charge is -2.62. The van der Waals surface area contributed by atoms with Gasteiger partial charge in [-0.1, -0.05) is 19.8 Å². The van der Waals surface area contributed by atoms with Crippen LogP contribution in [0.5, 0.6) is 0 Å². The van der Waals surface area contributed by atoms with E-state index < -0.39 is 0 Å². The minimum Gasteiger partial charge on any atom is -0.327 e. The first-order chi connectivity index (χ1) is 6.24. The van der Waals surface area contributed by atoms with Crippen molar-refractivity contribution in [2.45, 2.75) is 57.0 Å². The van der Waals surface area contributed by atoms with E-state index >= 15 is 0 Å². The van der Waals surface area contributed by atoms with Crippen molar-refractivity contribution in [2.24, 2.45) is 11.7 Å². The summed E-state index contributed by atoms with van der Waals surface area (Å²) in [7, 11) is 0. The van der Waals surface area contributed by atoms with Gasteiger partial charge >= 0.3 is 0 Å². The molecule has 0 spiro atoms. The zero-order valence-electron chi connectivity index (χ0n) is 8.68. The van der Waals surface area contributed by atoms with Gasteiger partial charge in [-0.2, -0.15) is 0 Å². The van der Waals surface area contributed by atoms with Crippen molar-refractivity contribution in [3.05, 3.63) is 0 Å². The fourth-order valence-corrected chi connectivity index (χ4v) is 2.61. The monoisotopic (exact) mass is 182 g/mol. The van der Waals surface area contributed by atoms with E-state index in [1.807, 2.05) is 0 Å². The van der Waals surface area contributed by atoms with Crippen molar-refractivity contribution in [1.29, 1.82) is 0 Å². The van der Waals surface area contributed by atoms with Gasteiger partial charge in [-0.3, -0.25) is 0 Å². The third-order valence-corrected chi connectivity index (χ3v) is 3.71. The third-order valence-electron chi connectivity index (χ3n) is 3.71. The first kappa shape index (κ1) is 9.47. The van der Waals surface area contributed by atoms with Gasteiger partial charge in [-0.15, -0.1) is 0 Å². The summed E-state index contributed by atoms with van der Waals surface area (Å²) in [6.07, 6.45) is 8.00. The standard InChI is InChI=1S/C11H22N2/c1-2-3-4-10(12)8-13-11-5-9(6-11)7-11/h9-10,13H,2-8,12H2,1H3. The van der Waals surface area contributed by atoms with Crippen molar-refractivity contribution >= 4 is 0 Å². The molecule has 0 amide bonds. The molecule has 0 aromatic heterocycles. The zero-order chi connectivity index (χ0) is 9.31. The van der Waals surface area contributed by atoms with Crippen molar-refractivity contribution in [2.75, 3.05) is 6.54 Å². The molecule has 0 saturated heterocycles. The summed E-state index contributed by atoms with van der Waals surface area (Å²) in [5.41, 5.74) is 6.56. The Labute approximate surface area is 81.3 Å². The highest BCUT2D eigenvalue weighted by Gasteiger charge is 2.55. The number of nitrogens with one attached hydrogen (secondary N) is 1. The lowest BCUT2D eigenvalue weighted by Crippen LogP contribution is -2.68. The van der Waals surface area contributed by atoms with Gasteiger partial charge in [0, 0.05) is 18.1 Å². The summed E-state index contributed by atoms with van der Waals surface area (Å²) in [5, 5.41) is 3.65. The van der Waals surface area contributed by atoms with Gasteiger partial charge in [0.1, 0.15) is 0 Å². The molecule has 2 nitrogen and oxygen atoms in total. The first-order valence-electron chi connectivity index (χ1n) is 5.75. The quantitative estimate of drug-likeness (QED) is 0.655. The zero-order valence-corrected chi connectivity index (χ0v) is 8.68. The molecular formula is C11H22N2. The van der Waals surface area contributed by atoms with Crippen LogP contribution in [0.25, 0.3) is 0 Å². The van der Waals surface area contributed by atoms with Crippen LogP contribution in [0.4, 0.5) is 0 Å². The van der Waals surface area contributed by atoms with E-state index in [2.05, 4.69) is 12.2 Å². The van der Waals surface area contributed by atoms with E-state index in [-0.39, 0.29) is 0 Å². The van der Waals surface area contributed by atoms with Gasteiger partial charge in [0.25, 0.3) is 0 Å². The largest absolute Gasteiger partial charge is 0.327 e. The second-order valence-corrected chi connectivity index (χ2v) is 5.04. The average Bonchev–Trinajstić information content (AvgIpc) is 1.95. The molecule has 2 heteroatoms. The normalized spacial score (nSPS) is 37.8. The topological polar surface area (TPSA) is 38.0 Å². The smallest absolute Gasteiger partial charge is 0.0190 e. The highest BCUT2D eigenvalue weighted by atomic mass is 15.1. The van der Waals surface area contributed by atoms with E-state index in [4.69, 9.17) is 5.73 Å². The molecule has 13 heavy (non-hydrogen) atoms. The molecule has 3 saturated carbocycles. The van der Waals surface area contributed by atoms with Crippen LogP contribution in [0.1, 0.15) is 45.4 Å². The maximum Gasteiger partial charge on any atom is 0.0190 e. The van der Waals surface area contributed by atoms with E-state index in [9.17, 15) is 0 Å². The van der Waals surface area contributed by atoms with Crippen LogP contribution in [0.3, 0.4) is 0 Å². The fraction of sp³-hybridized carbons (Fsp3) is 1.00. The predicted octanol–water partition coefficient (Wildman–Crippen LogP) is 1.65. The third kappa shape index (κ3) is 1.89. The Bertz CT molecular complexity index is 162. The van der Waals surface area contributed by atoms with Crippen LogP contribution < -0.4 is 11.1 Å². The molecule has 2 bridgehead atoms. The molecule has 3 aliphatic rings. The second-order valence-electron chi connectivity index (χ2n) is 5.04. The van der Waals surface area contributed by atoms with E-state index in [1.165, 1.54) is 38.5 Å². The summed E-state index contributed by atoms with van der Waals surface area (Å²) in [5.74, 6) is 1.07. The van der Waals surface area contributed by atoms with Gasteiger partial charge in [0.2, 0.25) is 0 Å². The highest BCUT2D eigenvalue weighted by Crippen LogP contribution is 2.56. The summed E-state index contributed by atoms with van der Waals surface area (Å²) >= 11 is 0. The Morgan fingerprint density at radius 1 is 1.46 bits per heavy atom. The molecule has 3 rings (SSSR count). The number of rotatable bonds is 6. The van der Waals surface area contributed by atoms with Gasteiger partial charge in [-0.05, 0) is 31.6 Å². The molecule has 0 radical (unpaired) electrons. The lowest BCUT2D eigenvalue weighted by molar-refractivity contribution is -0.0512. The fourth-order valence-electron chi connectivity index (χ4n) is 2.61. The summed E-state index contributed by atoms with van der Waals surface area (Å²) in [4.78, 5) is 0. The molecule has 3 aliphatic carbocycles. The predicted molar refractivity (Wildman–Crippen MR) is 55.6 cm³/mol. The first-order valence-corrected chi connectivity index (χ1v) is 5.75. The molecule has 0 heterocycles. The van der Waals surface area contributed by atoms with E-state index in [0.717, 1.165) is 12.5 Å². The Kier molecular flexibility index (Phi) is 2.61. The van der Waals surface area contributed by atoms with Gasteiger partial charge < -0.3 is 11.1 Å². The summed E-state index contributed by atoms with van der Waals surface area (Å²) in [6.45, 7) is 3.26. The van der Waals surface area contributed by atoms with Crippen LogP contribution in [0.15, 0.2) is 0 Å². The van der Waals surface area contributed by atoms with Gasteiger partial charge in [0.05, 0.1) is 0 Å². The molecule has 1 atom stereocenters. The van der Waals surface area contributed by atoms with E-state index in [0.29, 0.717) is 11.6 Å². The van der Waals surface area contributed by atoms with Crippen molar-refractivity contribution < 1.29 is 0 Å². The molecule has 0 aliphatic heterocycles. The Morgan fingerprint density at radius 2 is 2.15 bits per heavy atom. The molecule has 3 N–H and O–H groups in total. The number of hydrogen-bond acceptors (Lipinski definition) is 2. The van der Waals surface area contributed by atoms with Crippen LogP contribution in [0, 0.1) is 5.92 Å². The minimum absolute atomic E-state index is 0.383. The molecule has 0 aromatic carbocycles. The van der Waals surface area contributed by atoms with Gasteiger partial charge in [-0.25, -0.2) is 0 Å². The maximum atomic E-state index is 6.00. The van der Waals surface area contributed by atoms with Crippen LogP contribution in [-0.4, -0.2) is 18.1 Å². The maximum absolute atomic E-state index is 6.00. The van der Waals surface area contributed by atoms with E-state index in [1.54, 1.807) is 0 Å². The molecule has 0 aromatic rings. The molecular weight excluding hydrogens is 160 g/mol. The highest BCUT2D eigenvalue weighted by molar-refractivity contribution is 5.13. The number of hydrogen-bond donors (Lipinski definition) is 2. The van der Waals surface area contributed by atoms with Crippen molar-refractivity contribution in [3.8, 4) is 0 Å². The van der Waals surface area contributed by atoms with Crippen LogP contribution in [-0.2, 0) is 0 Å². The summed E-state index contributed by atoms with van der Waals surface area (Å²) in [6, 6.07) is 0.383. The number of unbranched alkanes of at least 4 members (excludes halogenated alkanes) is 1. The Balaban J connectivity index is 1.56. The molecule has 1 unspecified atom stereocenters. The van der Waals surface area contributed by atoms with Gasteiger partial charge in [0.15, 0.2) is 0 Å². The van der Waals surface area contributed by atoms with Crippen molar-refractivity contribution in [3.63, 3.8) is 0 Å². The minimum atomic E-state index is 0.383. The van der Waals surface area contributed by atoms with Crippen LogP contribution >= 0.6 is 0 Å². The average molecular weight is 182 g/mol.